The van der Waals surface area contributed by atoms with Crippen molar-refractivity contribution < 1.29 is 14.6 Å². The van der Waals surface area contributed by atoms with Crippen LogP contribution in [0.2, 0.25) is 0 Å². The number of benzene rings is 2. The molecule has 0 saturated heterocycles. The van der Waals surface area contributed by atoms with Gasteiger partial charge in [0.2, 0.25) is 0 Å². The average Bonchev–Trinajstić information content (AvgIpc) is 2.61. The van der Waals surface area contributed by atoms with Crippen LogP contribution in [0.15, 0.2) is 54.6 Å². The zero-order valence-corrected chi connectivity index (χ0v) is 13.0. The van der Waals surface area contributed by atoms with Crippen molar-refractivity contribution in [3.8, 4) is 5.75 Å². The lowest BCUT2D eigenvalue weighted by atomic mass is 10.1. The van der Waals surface area contributed by atoms with E-state index in [0.717, 1.165) is 23.3 Å². The molecule has 0 aromatic heterocycles. The van der Waals surface area contributed by atoms with Crippen LogP contribution in [0.25, 0.3) is 0 Å². The number of carbonyl (C=O) groups is 1. The van der Waals surface area contributed by atoms with Gasteiger partial charge in [0.25, 0.3) is 0 Å². The second-order valence-corrected chi connectivity index (χ2v) is 5.10. The summed E-state index contributed by atoms with van der Waals surface area (Å²) in [6.45, 7) is 1.60. The van der Waals surface area contributed by atoms with E-state index >= 15 is 0 Å². The van der Waals surface area contributed by atoms with Gasteiger partial charge in [-0.3, -0.25) is 0 Å². The molecule has 2 aromatic carbocycles. The van der Waals surface area contributed by atoms with E-state index in [4.69, 9.17) is 9.84 Å². The molecule has 2 rings (SSSR count). The Kier molecular flexibility index (Phi) is 6.94. The Balaban J connectivity index is 1.56. The summed E-state index contributed by atoms with van der Waals surface area (Å²) in [5.41, 5.74) is 1.85. The van der Waals surface area contributed by atoms with Crippen LogP contribution in [0.4, 0.5) is 4.79 Å². The van der Waals surface area contributed by atoms with Crippen molar-refractivity contribution in [2.75, 3.05) is 13.2 Å². The number of aliphatic hydroxyl groups excluding tert-OH is 1. The third-order valence-electron chi connectivity index (χ3n) is 3.28. The van der Waals surface area contributed by atoms with Crippen LogP contribution >= 0.6 is 0 Å². The van der Waals surface area contributed by atoms with Crippen LogP contribution in [0.3, 0.4) is 0 Å². The van der Waals surface area contributed by atoms with Crippen molar-refractivity contribution in [3.63, 3.8) is 0 Å². The fourth-order valence-electron chi connectivity index (χ4n) is 1.99. The number of para-hydroxylation sites is 1. The molecule has 0 aliphatic rings. The van der Waals surface area contributed by atoms with Crippen molar-refractivity contribution >= 4 is 6.03 Å². The van der Waals surface area contributed by atoms with Crippen molar-refractivity contribution in [1.29, 1.82) is 0 Å². The minimum atomic E-state index is -0.198. The fourth-order valence-corrected chi connectivity index (χ4v) is 1.99. The number of hydrogen-bond donors (Lipinski definition) is 3. The number of rotatable bonds is 8. The van der Waals surface area contributed by atoms with Gasteiger partial charge in [-0.05, 0) is 29.7 Å². The third-order valence-corrected chi connectivity index (χ3v) is 3.28. The van der Waals surface area contributed by atoms with Crippen molar-refractivity contribution in [2.45, 2.75) is 19.6 Å². The summed E-state index contributed by atoms with van der Waals surface area (Å²) in [5, 5.41) is 14.6. The van der Waals surface area contributed by atoms with E-state index in [9.17, 15) is 4.79 Å². The van der Waals surface area contributed by atoms with Crippen LogP contribution in [-0.4, -0.2) is 24.3 Å². The van der Waals surface area contributed by atoms with Crippen LogP contribution in [-0.2, 0) is 13.2 Å². The minimum absolute atomic E-state index is 0.0270. The van der Waals surface area contributed by atoms with Gasteiger partial charge in [0, 0.05) is 13.1 Å². The van der Waals surface area contributed by atoms with E-state index in [1.165, 1.54) is 0 Å². The Bertz CT molecular complexity index is 585. The highest BCUT2D eigenvalue weighted by Crippen LogP contribution is 2.08. The lowest BCUT2D eigenvalue weighted by Crippen LogP contribution is -2.36. The second kappa shape index (κ2) is 9.48. The molecule has 0 fully saturated rings. The molecule has 5 nitrogen and oxygen atoms in total. The van der Waals surface area contributed by atoms with Crippen LogP contribution < -0.4 is 15.4 Å². The first-order valence-electron chi connectivity index (χ1n) is 7.66. The molecule has 3 N–H and O–H groups in total. The highest BCUT2D eigenvalue weighted by atomic mass is 16.5. The normalized spacial score (nSPS) is 10.1. The fraction of sp³-hybridized carbons (Fsp3) is 0.278. The molecule has 122 valence electrons. The van der Waals surface area contributed by atoms with Gasteiger partial charge >= 0.3 is 6.03 Å². The molecule has 2 aromatic rings. The summed E-state index contributed by atoms with van der Waals surface area (Å²) in [6, 6.07) is 16.9. The number of aliphatic hydroxyl groups is 1. The van der Waals surface area contributed by atoms with Gasteiger partial charge in [0.05, 0.1) is 13.2 Å². The van der Waals surface area contributed by atoms with Gasteiger partial charge in [-0.1, -0.05) is 42.5 Å². The first kappa shape index (κ1) is 16.8. The summed E-state index contributed by atoms with van der Waals surface area (Å²) in [6.07, 6.45) is 0.744. The third kappa shape index (κ3) is 6.40. The minimum Gasteiger partial charge on any atom is -0.494 e. The molecule has 23 heavy (non-hydrogen) atoms. The molecule has 5 heteroatoms. The summed E-state index contributed by atoms with van der Waals surface area (Å²) in [5.74, 6) is 0.836. The molecular formula is C18H22N2O3. The molecule has 0 heterocycles. The number of ether oxygens (including phenoxy) is 1. The number of carbonyl (C=O) groups excluding carboxylic acids is 1. The van der Waals surface area contributed by atoms with Gasteiger partial charge in [0.1, 0.15) is 5.75 Å². The zero-order chi connectivity index (χ0) is 16.3. The number of amides is 2. The molecule has 0 aliphatic heterocycles. The molecule has 0 aliphatic carbocycles. The Morgan fingerprint density at radius 1 is 0.957 bits per heavy atom. The first-order valence-corrected chi connectivity index (χ1v) is 7.66. The van der Waals surface area contributed by atoms with E-state index in [1.807, 2.05) is 54.6 Å². The quantitative estimate of drug-likeness (QED) is 0.656. The first-order chi connectivity index (χ1) is 11.3. The van der Waals surface area contributed by atoms with E-state index in [2.05, 4.69) is 10.6 Å². The van der Waals surface area contributed by atoms with Gasteiger partial charge in [0.15, 0.2) is 0 Å². The molecule has 0 radical (unpaired) electrons. The standard InChI is InChI=1S/C18H22N2O3/c21-14-16-9-7-15(8-10-16)13-20-18(22)19-11-4-12-23-17-5-2-1-3-6-17/h1-3,5-10,21H,4,11-14H2,(H2,19,20,22). The van der Waals surface area contributed by atoms with Crippen LogP contribution in [0.1, 0.15) is 17.5 Å². The smallest absolute Gasteiger partial charge is 0.315 e. The largest absolute Gasteiger partial charge is 0.494 e. The maximum Gasteiger partial charge on any atom is 0.315 e. The van der Waals surface area contributed by atoms with Crippen molar-refractivity contribution in [3.05, 3.63) is 65.7 Å². The van der Waals surface area contributed by atoms with Crippen LogP contribution in [0.5, 0.6) is 5.75 Å². The predicted octanol–water partition coefficient (Wildman–Crippen LogP) is 2.45. The number of hydrogen-bond acceptors (Lipinski definition) is 3. The molecule has 2 amide bonds. The molecular weight excluding hydrogens is 292 g/mol. The molecule has 0 unspecified atom stereocenters. The molecule has 0 spiro atoms. The van der Waals surface area contributed by atoms with Gasteiger partial charge in [-0.25, -0.2) is 4.79 Å². The summed E-state index contributed by atoms with van der Waals surface area (Å²) < 4.78 is 5.55. The Morgan fingerprint density at radius 2 is 1.65 bits per heavy atom. The highest BCUT2D eigenvalue weighted by Gasteiger charge is 2.00. The lowest BCUT2D eigenvalue weighted by Gasteiger charge is -2.09. The maximum absolute atomic E-state index is 11.7. The van der Waals surface area contributed by atoms with Gasteiger partial charge < -0.3 is 20.5 Å². The Labute approximate surface area is 136 Å². The zero-order valence-electron chi connectivity index (χ0n) is 13.0. The van der Waals surface area contributed by atoms with E-state index in [0.29, 0.717) is 19.7 Å². The van der Waals surface area contributed by atoms with Crippen molar-refractivity contribution in [2.24, 2.45) is 0 Å². The van der Waals surface area contributed by atoms with Crippen LogP contribution in [0, 0.1) is 0 Å². The molecule has 0 bridgehead atoms. The summed E-state index contributed by atoms with van der Waals surface area (Å²) in [7, 11) is 0. The predicted molar refractivity (Wildman–Crippen MR) is 89.2 cm³/mol. The van der Waals surface area contributed by atoms with E-state index in [-0.39, 0.29) is 12.6 Å². The SMILES string of the molecule is O=C(NCCCOc1ccccc1)NCc1ccc(CO)cc1. The number of nitrogens with one attached hydrogen (secondary N) is 2. The van der Waals surface area contributed by atoms with E-state index < -0.39 is 0 Å². The molecule has 0 saturated carbocycles. The van der Waals surface area contributed by atoms with Gasteiger partial charge in [-0.15, -0.1) is 0 Å². The highest BCUT2D eigenvalue weighted by molar-refractivity contribution is 5.73. The monoisotopic (exact) mass is 314 g/mol. The second-order valence-electron chi connectivity index (χ2n) is 5.10. The van der Waals surface area contributed by atoms with E-state index in [1.54, 1.807) is 0 Å². The summed E-state index contributed by atoms with van der Waals surface area (Å²) in [4.78, 5) is 11.7. The molecule has 0 atom stereocenters. The topological polar surface area (TPSA) is 70.6 Å². The maximum atomic E-state index is 11.7. The average molecular weight is 314 g/mol. The summed E-state index contributed by atoms with van der Waals surface area (Å²) >= 11 is 0. The Morgan fingerprint density at radius 3 is 2.35 bits per heavy atom. The number of urea groups is 1. The van der Waals surface area contributed by atoms with Gasteiger partial charge in [-0.2, -0.15) is 0 Å². The lowest BCUT2D eigenvalue weighted by molar-refractivity contribution is 0.238. The Hall–Kier alpha value is -2.53. The van der Waals surface area contributed by atoms with Crippen molar-refractivity contribution in [1.82, 2.24) is 10.6 Å².